The second-order valence-corrected chi connectivity index (χ2v) is 7.74. The van der Waals surface area contributed by atoms with Crippen LogP contribution >= 0.6 is 23.4 Å². The van der Waals surface area contributed by atoms with Gasteiger partial charge >= 0.3 is 12.0 Å². The van der Waals surface area contributed by atoms with E-state index in [-0.39, 0.29) is 19.1 Å². The summed E-state index contributed by atoms with van der Waals surface area (Å²) in [5, 5.41) is 3.41. The Labute approximate surface area is 155 Å². The molecule has 2 aliphatic rings. The third kappa shape index (κ3) is 4.10. The van der Waals surface area contributed by atoms with Gasteiger partial charge in [0.25, 0.3) is 5.91 Å². The number of carbonyl (C=O) groups is 3. The van der Waals surface area contributed by atoms with Crippen molar-refractivity contribution in [1.82, 2.24) is 10.2 Å². The monoisotopic (exact) mass is 382 g/mol. The molecule has 1 aromatic carbocycles. The van der Waals surface area contributed by atoms with Crippen LogP contribution in [0, 0.1) is 0 Å². The van der Waals surface area contributed by atoms with Gasteiger partial charge < -0.3 is 10.1 Å². The number of hydrogen-bond donors (Lipinski definition) is 1. The average molecular weight is 383 g/mol. The van der Waals surface area contributed by atoms with Gasteiger partial charge in [-0.05, 0) is 37.1 Å². The molecule has 25 heavy (non-hydrogen) atoms. The number of halogens is 1. The molecule has 1 aliphatic carbocycles. The van der Waals surface area contributed by atoms with E-state index in [0.717, 1.165) is 22.6 Å². The molecule has 1 aromatic rings. The van der Waals surface area contributed by atoms with Crippen molar-refractivity contribution in [1.29, 1.82) is 0 Å². The van der Waals surface area contributed by atoms with Crippen LogP contribution in [0.4, 0.5) is 4.79 Å². The van der Waals surface area contributed by atoms with Gasteiger partial charge in [0.1, 0.15) is 18.7 Å². The van der Waals surface area contributed by atoms with Gasteiger partial charge in [-0.2, -0.15) is 0 Å². The van der Waals surface area contributed by atoms with Gasteiger partial charge in [-0.3, -0.25) is 14.5 Å². The summed E-state index contributed by atoms with van der Waals surface area (Å²) in [6, 6.07) is 6.88. The second-order valence-electron chi connectivity index (χ2n) is 6.13. The Kier molecular flexibility index (Phi) is 5.54. The Morgan fingerprint density at radius 3 is 2.60 bits per heavy atom. The predicted octanol–water partition coefficient (Wildman–Crippen LogP) is 2.84. The molecule has 3 amide bonds. The van der Waals surface area contributed by atoms with Crippen LogP contribution in [0.25, 0.3) is 0 Å². The molecule has 1 saturated heterocycles. The number of carbonyl (C=O) groups excluding carboxylic acids is 3. The third-order valence-electron chi connectivity index (χ3n) is 4.42. The van der Waals surface area contributed by atoms with E-state index in [1.54, 1.807) is 12.1 Å². The number of thioether (sulfide) groups is 1. The van der Waals surface area contributed by atoms with Gasteiger partial charge in [-0.15, -0.1) is 11.8 Å². The number of esters is 1. The lowest BCUT2D eigenvalue weighted by atomic mass is 9.98. The molecule has 1 N–H and O–H groups in total. The maximum absolute atomic E-state index is 12.4. The first-order chi connectivity index (χ1) is 12.0. The third-order valence-corrected chi connectivity index (χ3v) is 5.65. The zero-order chi connectivity index (χ0) is 17.9. The number of nitrogens with one attached hydrogen (secondary N) is 1. The maximum Gasteiger partial charge on any atom is 0.326 e. The molecule has 0 bridgehead atoms. The zero-order valence-corrected chi connectivity index (χ0v) is 15.2. The van der Waals surface area contributed by atoms with Gasteiger partial charge in [-0.25, -0.2) is 4.79 Å². The van der Waals surface area contributed by atoms with Crippen LogP contribution in [-0.4, -0.2) is 47.3 Å². The number of imide groups is 1. The van der Waals surface area contributed by atoms with Gasteiger partial charge in [0, 0.05) is 15.7 Å². The molecule has 1 saturated carbocycles. The van der Waals surface area contributed by atoms with Crippen molar-refractivity contribution in [3.8, 4) is 0 Å². The SMILES string of the molecule is O=C(CN1C(=O)NC2(CCCC2)C1=O)OCCSc1ccc(Cl)cc1. The van der Waals surface area contributed by atoms with Gasteiger partial charge in [-0.1, -0.05) is 24.4 Å². The highest BCUT2D eigenvalue weighted by molar-refractivity contribution is 7.99. The highest BCUT2D eigenvalue weighted by Gasteiger charge is 2.52. The molecule has 1 spiro atoms. The molecule has 6 nitrogen and oxygen atoms in total. The summed E-state index contributed by atoms with van der Waals surface area (Å²) in [4.78, 5) is 38.4. The summed E-state index contributed by atoms with van der Waals surface area (Å²) in [5.74, 6) is -0.296. The minimum absolute atomic E-state index is 0.209. The molecule has 0 atom stereocenters. The number of nitrogens with zero attached hydrogens (tertiary/aromatic N) is 1. The number of amides is 3. The Balaban J connectivity index is 1.42. The van der Waals surface area contributed by atoms with Crippen molar-refractivity contribution < 1.29 is 19.1 Å². The van der Waals surface area contributed by atoms with Gasteiger partial charge in [0.15, 0.2) is 0 Å². The second kappa shape index (κ2) is 7.66. The van der Waals surface area contributed by atoms with E-state index < -0.39 is 17.5 Å². The zero-order valence-electron chi connectivity index (χ0n) is 13.6. The lowest BCUT2D eigenvalue weighted by molar-refractivity contribution is -0.147. The van der Waals surface area contributed by atoms with Gasteiger partial charge in [0.05, 0.1) is 0 Å². The predicted molar refractivity (Wildman–Crippen MR) is 94.6 cm³/mol. The molecule has 3 rings (SSSR count). The van der Waals surface area contributed by atoms with Crippen molar-refractivity contribution in [3.05, 3.63) is 29.3 Å². The summed E-state index contributed by atoms with van der Waals surface area (Å²) >= 11 is 7.36. The van der Waals surface area contributed by atoms with Crippen LogP contribution in [0.1, 0.15) is 25.7 Å². The summed E-state index contributed by atoms with van der Waals surface area (Å²) in [6.45, 7) is -0.126. The molecule has 1 aliphatic heterocycles. The largest absolute Gasteiger partial charge is 0.463 e. The van der Waals surface area contributed by atoms with E-state index in [9.17, 15) is 14.4 Å². The Bertz CT molecular complexity index is 674. The number of hydrogen-bond acceptors (Lipinski definition) is 5. The van der Waals surface area contributed by atoms with E-state index in [2.05, 4.69) is 5.32 Å². The molecular weight excluding hydrogens is 364 g/mol. The first-order valence-electron chi connectivity index (χ1n) is 8.18. The van der Waals surface area contributed by atoms with E-state index in [4.69, 9.17) is 16.3 Å². The number of benzene rings is 1. The van der Waals surface area contributed by atoms with E-state index in [1.165, 1.54) is 11.8 Å². The van der Waals surface area contributed by atoms with Crippen LogP contribution < -0.4 is 5.32 Å². The highest BCUT2D eigenvalue weighted by atomic mass is 35.5. The summed E-state index contributed by atoms with van der Waals surface area (Å²) in [6.07, 6.45) is 3.10. The topological polar surface area (TPSA) is 75.7 Å². The number of urea groups is 1. The van der Waals surface area contributed by atoms with Crippen LogP contribution in [0.3, 0.4) is 0 Å². The van der Waals surface area contributed by atoms with Crippen molar-refractivity contribution in [2.45, 2.75) is 36.1 Å². The summed E-state index contributed by atoms with van der Waals surface area (Å²) in [7, 11) is 0. The first kappa shape index (κ1) is 18.1. The van der Waals surface area contributed by atoms with Crippen LogP contribution in [-0.2, 0) is 14.3 Å². The molecular formula is C17H19ClN2O4S. The first-order valence-corrected chi connectivity index (χ1v) is 9.55. The fourth-order valence-electron chi connectivity index (χ4n) is 3.16. The standard InChI is InChI=1S/C17H19ClN2O4S/c18-12-3-5-13(6-4-12)25-10-9-24-14(21)11-20-15(22)17(19-16(20)23)7-1-2-8-17/h3-6H,1-2,7-11H2,(H,19,23). The quantitative estimate of drug-likeness (QED) is 0.354. The molecule has 1 heterocycles. The average Bonchev–Trinajstić information content (AvgIpc) is 3.14. The Morgan fingerprint density at radius 1 is 1.24 bits per heavy atom. The molecule has 2 fully saturated rings. The summed E-state index contributed by atoms with van der Waals surface area (Å²) in [5.41, 5.74) is -0.790. The molecule has 0 unspecified atom stereocenters. The number of ether oxygens (including phenoxy) is 1. The van der Waals surface area contributed by atoms with E-state index in [1.807, 2.05) is 12.1 Å². The lowest BCUT2D eigenvalue weighted by Gasteiger charge is -2.19. The van der Waals surface area contributed by atoms with E-state index >= 15 is 0 Å². The normalized spacial score (nSPS) is 18.7. The Hall–Kier alpha value is -1.73. The van der Waals surface area contributed by atoms with Gasteiger partial charge in [0.2, 0.25) is 0 Å². The summed E-state index contributed by atoms with van der Waals surface area (Å²) < 4.78 is 5.14. The lowest BCUT2D eigenvalue weighted by Crippen LogP contribution is -2.44. The highest BCUT2D eigenvalue weighted by Crippen LogP contribution is 2.34. The van der Waals surface area contributed by atoms with Crippen LogP contribution in [0.5, 0.6) is 0 Å². The molecule has 8 heteroatoms. The molecule has 134 valence electrons. The molecule has 0 radical (unpaired) electrons. The van der Waals surface area contributed by atoms with Crippen molar-refractivity contribution in [3.63, 3.8) is 0 Å². The van der Waals surface area contributed by atoms with Crippen molar-refractivity contribution in [2.24, 2.45) is 0 Å². The van der Waals surface area contributed by atoms with Crippen molar-refractivity contribution in [2.75, 3.05) is 18.9 Å². The Morgan fingerprint density at radius 2 is 1.92 bits per heavy atom. The minimum Gasteiger partial charge on any atom is -0.463 e. The van der Waals surface area contributed by atoms with Crippen LogP contribution in [0.15, 0.2) is 29.2 Å². The fourth-order valence-corrected chi connectivity index (χ4v) is 4.01. The molecule has 0 aromatic heterocycles. The minimum atomic E-state index is -0.790. The van der Waals surface area contributed by atoms with E-state index in [0.29, 0.717) is 23.6 Å². The fraction of sp³-hybridized carbons (Fsp3) is 0.471. The van der Waals surface area contributed by atoms with Crippen molar-refractivity contribution >= 4 is 41.3 Å². The number of rotatable bonds is 6. The maximum atomic E-state index is 12.4. The smallest absolute Gasteiger partial charge is 0.326 e. The van der Waals surface area contributed by atoms with Crippen LogP contribution in [0.2, 0.25) is 5.02 Å².